The molecule has 0 N–H and O–H groups in total. The lowest BCUT2D eigenvalue weighted by Crippen LogP contribution is -2.26. The molecule has 0 heterocycles. The van der Waals surface area contributed by atoms with Gasteiger partial charge in [-0.1, -0.05) is 26.3 Å². The van der Waals surface area contributed by atoms with Crippen LogP contribution in [0.3, 0.4) is 0 Å². The Labute approximate surface area is 87.6 Å². The normalized spacial score (nSPS) is 21.1. The molecule has 0 bridgehead atoms. The standard InChI is InChI=1S/C13H22O/c1-5-7-11(14)12-10(2)8-6-9-13(12,3)4/h5-9H2,1-4H3. The summed E-state index contributed by atoms with van der Waals surface area (Å²) in [5.41, 5.74) is 2.58. The van der Waals surface area contributed by atoms with Crippen LogP contribution in [0, 0.1) is 5.41 Å². The topological polar surface area (TPSA) is 17.1 Å². The zero-order chi connectivity index (χ0) is 10.8. The van der Waals surface area contributed by atoms with Gasteiger partial charge in [0.1, 0.15) is 0 Å². The van der Waals surface area contributed by atoms with E-state index < -0.39 is 0 Å². The fraction of sp³-hybridized carbons (Fsp3) is 0.769. The maximum absolute atomic E-state index is 12.0. The molecule has 0 atom stereocenters. The van der Waals surface area contributed by atoms with E-state index in [1.54, 1.807) is 0 Å². The van der Waals surface area contributed by atoms with Gasteiger partial charge in [-0.25, -0.2) is 0 Å². The predicted octanol–water partition coefficient (Wildman–Crippen LogP) is 3.88. The lowest BCUT2D eigenvalue weighted by molar-refractivity contribution is -0.116. The fourth-order valence-corrected chi connectivity index (χ4v) is 2.59. The van der Waals surface area contributed by atoms with Crippen molar-refractivity contribution in [1.82, 2.24) is 0 Å². The van der Waals surface area contributed by atoms with Gasteiger partial charge in [-0.15, -0.1) is 0 Å². The van der Waals surface area contributed by atoms with Crippen molar-refractivity contribution in [3.05, 3.63) is 11.1 Å². The van der Waals surface area contributed by atoms with E-state index in [-0.39, 0.29) is 5.41 Å². The van der Waals surface area contributed by atoms with Gasteiger partial charge in [0.2, 0.25) is 0 Å². The largest absolute Gasteiger partial charge is 0.295 e. The molecule has 0 radical (unpaired) electrons. The van der Waals surface area contributed by atoms with Crippen molar-refractivity contribution in [3.63, 3.8) is 0 Å². The summed E-state index contributed by atoms with van der Waals surface area (Å²) in [6.07, 6.45) is 5.20. The lowest BCUT2D eigenvalue weighted by Gasteiger charge is -2.33. The van der Waals surface area contributed by atoms with E-state index in [9.17, 15) is 4.79 Å². The van der Waals surface area contributed by atoms with Crippen LogP contribution in [0.5, 0.6) is 0 Å². The highest BCUT2D eigenvalue weighted by molar-refractivity contribution is 5.97. The average molecular weight is 194 g/mol. The predicted molar refractivity (Wildman–Crippen MR) is 60.2 cm³/mol. The molecule has 80 valence electrons. The third-order valence-electron chi connectivity index (χ3n) is 3.21. The SMILES string of the molecule is CCCC(=O)C1=C(C)CCCC1(C)C. The van der Waals surface area contributed by atoms with Gasteiger partial charge in [0.25, 0.3) is 0 Å². The van der Waals surface area contributed by atoms with Crippen LogP contribution >= 0.6 is 0 Å². The van der Waals surface area contributed by atoms with Crippen molar-refractivity contribution in [2.24, 2.45) is 5.41 Å². The molecule has 0 aromatic rings. The van der Waals surface area contributed by atoms with Crippen LogP contribution < -0.4 is 0 Å². The number of carbonyl (C=O) groups is 1. The summed E-state index contributed by atoms with van der Waals surface area (Å²) in [5.74, 6) is 0.384. The highest BCUT2D eigenvalue weighted by Crippen LogP contribution is 2.40. The van der Waals surface area contributed by atoms with Crippen LogP contribution in [0.4, 0.5) is 0 Å². The number of allylic oxidation sites excluding steroid dienone is 2. The van der Waals surface area contributed by atoms with Crippen LogP contribution in [-0.4, -0.2) is 5.78 Å². The number of rotatable bonds is 3. The molecule has 14 heavy (non-hydrogen) atoms. The Morgan fingerprint density at radius 2 is 2.07 bits per heavy atom. The summed E-state index contributed by atoms with van der Waals surface area (Å²) >= 11 is 0. The summed E-state index contributed by atoms with van der Waals surface area (Å²) < 4.78 is 0. The molecule has 0 unspecified atom stereocenters. The summed E-state index contributed by atoms with van der Waals surface area (Å²) in [6.45, 7) is 8.62. The van der Waals surface area contributed by atoms with Crippen molar-refractivity contribution < 1.29 is 4.79 Å². The third kappa shape index (κ3) is 2.26. The van der Waals surface area contributed by atoms with E-state index in [1.807, 2.05) is 0 Å². The fourth-order valence-electron chi connectivity index (χ4n) is 2.59. The average Bonchev–Trinajstić information content (AvgIpc) is 2.02. The van der Waals surface area contributed by atoms with Gasteiger partial charge in [0.05, 0.1) is 0 Å². The van der Waals surface area contributed by atoms with Gasteiger partial charge in [0, 0.05) is 6.42 Å². The molecular formula is C13H22O. The first-order chi connectivity index (χ1) is 6.49. The monoisotopic (exact) mass is 194 g/mol. The van der Waals surface area contributed by atoms with Crippen molar-refractivity contribution in [2.45, 2.75) is 59.8 Å². The Balaban J connectivity index is 2.95. The molecule has 1 aliphatic rings. The summed E-state index contributed by atoms with van der Waals surface area (Å²) in [6, 6.07) is 0. The van der Waals surface area contributed by atoms with Crippen LogP contribution in [-0.2, 0) is 4.79 Å². The molecule has 1 rings (SSSR count). The molecule has 1 aliphatic carbocycles. The zero-order valence-corrected chi connectivity index (χ0v) is 9.94. The minimum absolute atomic E-state index is 0.120. The molecule has 1 nitrogen and oxygen atoms in total. The van der Waals surface area contributed by atoms with E-state index in [0.717, 1.165) is 31.3 Å². The molecule has 0 spiro atoms. The summed E-state index contributed by atoms with van der Waals surface area (Å²) in [7, 11) is 0. The van der Waals surface area contributed by atoms with Crippen molar-refractivity contribution >= 4 is 5.78 Å². The van der Waals surface area contributed by atoms with E-state index in [2.05, 4.69) is 27.7 Å². The lowest BCUT2D eigenvalue weighted by atomic mass is 9.70. The second-order valence-corrected chi connectivity index (χ2v) is 5.07. The minimum atomic E-state index is 0.120. The third-order valence-corrected chi connectivity index (χ3v) is 3.21. The van der Waals surface area contributed by atoms with Gasteiger partial charge >= 0.3 is 0 Å². The number of Topliss-reactive ketones (excluding diaryl/α,β-unsaturated/α-hetero) is 1. The highest BCUT2D eigenvalue weighted by Gasteiger charge is 2.32. The van der Waals surface area contributed by atoms with Crippen LogP contribution in [0.15, 0.2) is 11.1 Å². The van der Waals surface area contributed by atoms with Crippen molar-refractivity contribution in [3.8, 4) is 0 Å². The van der Waals surface area contributed by atoms with Gasteiger partial charge in [-0.3, -0.25) is 4.79 Å². The van der Waals surface area contributed by atoms with Gasteiger partial charge in [-0.2, -0.15) is 0 Å². The Hall–Kier alpha value is -0.590. The molecule has 0 amide bonds. The second-order valence-electron chi connectivity index (χ2n) is 5.07. The number of carbonyl (C=O) groups excluding carboxylic acids is 1. The van der Waals surface area contributed by atoms with E-state index >= 15 is 0 Å². The maximum atomic E-state index is 12.0. The first kappa shape index (κ1) is 11.5. The molecule has 0 aromatic carbocycles. The van der Waals surface area contributed by atoms with Crippen LogP contribution in [0.25, 0.3) is 0 Å². The Bertz CT molecular complexity index is 258. The van der Waals surface area contributed by atoms with E-state index in [1.165, 1.54) is 12.0 Å². The minimum Gasteiger partial charge on any atom is -0.295 e. The molecule has 0 saturated heterocycles. The van der Waals surface area contributed by atoms with E-state index in [0.29, 0.717) is 5.78 Å². The molecule has 1 heteroatoms. The summed E-state index contributed by atoms with van der Waals surface area (Å²) in [4.78, 5) is 12.0. The van der Waals surface area contributed by atoms with Gasteiger partial charge < -0.3 is 0 Å². The van der Waals surface area contributed by atoms with Crippen molar-refractivity contribution in [1.29, 1.82) is 0 Å². The Morgan fingerprint density at radius 1 is 1.43 bits per heavy atom. The van der Waals surface area contributed by atoms with Crippen molar-refractivity contribution in [2.75, 3.05) is 0 Å². The molecule has 0 aromatic heterocycles. The number of hydrogen-bond donors (Lipinski definition) is 0. The van der Waals surface area contributed by atoms with Gasteiger partial charge in [-0.05, 0) is 43.6 Å². The van der Waals surface area contributed by atoms with Crippen LogP contribution in [0.2, 0.25) is 0 Å². The number of ketones is 1. The zero-order valence-electron chi connectivity index (χ0n) is 9.94. The molecular weight excluding hydrogens is 172 g/mol. The van der Waals surface area contributed by atoms with Gasteiger partial charge in [0.15, 0.2) is 5.78 Å². The Kier molecular flexibility index (Phi) is 3.52. The quantitative estimate of drug-likeness (QED) is 0.666. The first-order valence-corrected chi connectivity index (χ1v) is 5.72. The maximum Gasteiger partial charge on any atom is 0.159 e. The smallest absolute Gasteiger partial charge is 0.159 e. The van der Waals surface area contributed by atoms with E-state index in [4.69, 9.17) is 0 Å². The first-order valence-electron chi connectivity index (χ1n) is 5.72. The van der Waals surface area contributed by atoms with Crippen LogP contribution in [0.1, 0.15) is 59.8 Å². The molecule has 0 aliphatic heterocycles. The number of hydrogen-bond acceptors (Lipinski definition) is 1. The summed E-state index contributed by atoms with van der Waals surface area (Å²) in [5, 5.41) is 0. The molecule has 0 fully saturated rings. The highest BCUT2D eigenvalue weighted by atomic mass is 16.1. The second kappa shape index (κ2) is 4.29. The Morgan fingerprint density at radius 3 is 2.57 bits per heavy atom. The molecule has 0 saturated carbocycles.